The molecule has 12 aromatic carbocycles. The molecule has 0 saturated heterocycles. The zero-order valence-electron chi connectivity index (χ0n) is 43.7. The Balaban J connectivity index is 0.980. The smallest absolute Gasteiger partial charge is 0.159 e. The van der Waals surface area contributed by atoms with Crippen molar-refractivity contribution in [2.24, 2.45) is 0 Å². The van der Waals surface area contributed by atoms with Gasteiger partial charge < -0.3 is 13.9 Å². The van der Waals surface area contributed by atoms with Gasteiger partial charge in [-0.2, -0.15) is 0 Å². The molecule has 0 radical (unpaired) electrons. The maximum absolute atomic E-state index is 6.87. The second-order valence-corrected chi connectivity index (χ2v) is 22.3. The lowest BCUT2D eigenvalue weighted by Gasteiger charge is -2.32. The average molecular weight is 1010 g/mol. The Hall–Kier alpha value is -9.96. The van der Waals surface area contributed by atoms with Crippen LogP contribution in [0, 0.1) is 0 Å². The number of anilines is 3. The normalized spacial score (nSPS) is 13.9. The van der Waals surface area contributed by atoms with Crippen LogP contribution < -0.4 is 4.90 Å². The molecule has 0 N–H and O–H groups in total. The van der Waals surface area contributed by atoms with E-state index < -0.39 is 5.41 Å². The summed E-state index contributed by atoms with van der Waals surface area (Å²) in [4.78, 5) is 2.39. The number of nitrogens with zero attached hydrogens (tertiary/aromatic N) is 2. The Morgan fingerprint density at radius 2 is 0.861 bits per heavy atom. The van der Waals surface area contributed by atoms with Gasteiger partial charge in [0.05, 0.1) is 27.8 Å². The quantitative estimate of drug-likeness (QED) is 0.166. The van der Waals surface area contributed by atoms with Crippen molar-refractivity contribution >= 4 is 60.8 Å². The Morgan fingerprint density at radius 3 is 1.56 bits per heavy atom. The summed E-state index contributed by atoms with van der Waals surface area (Å²) in [6.07, 6.45) is 0. The minimum Gasteiger partial charge on any atom is -0.454 e. The van der Waals surface area contributed by atoms with Crippen molar-refractivity contribution < 1.29 is 4.42 Å². The topological polar surface area (TPSA) is 21.3 Å². The molecule has 79 heavy (non-hydrogen) atoms. The fourth-order valence-corrected chi connectivity index (χ4v) is 14.7. The number of aromatic nitrogens is 1. The van der Waals surface area contributed by atoms with Gasteiger partial charge in [0, 0.05) is 38.3 Å². The van der Waals surface area contributed by atoms with Gasteiger partial charge in [0.25, 0.3) is 0 Å². The third kappa shape index (κ3) is 5.97. The van der Waals surface area contributed by atoms with Crippen molar-refractivity contribution in [3.63, 3.8) is 0 Å². The lowest BCUT2D eigenvalue weighted by atomic mass is 9.70. The molecule has 0 atom stereocenters. The van der Waals surface area contributed by atoms with Crippen LogP contribution in [-0.4, -0.2) is 4.57 Å². The lowest BCUT2D eigenvalue weighted by molar-refractivity contribution is 0.656. The van der Waals surface area contributed by atoms with Crippen LogP contribution in [0.1, 0.15) is 47.2 Å². The zero-order valence-corrected chi connectivity index (χ0v) is 43.7. The van der Waals surface area contributed by atoms with E-state index in [2.05, 4.69) is 290 Å². The van der Waals surface area contributed by atoms with Crippen LogP contribution in [0.25, 0.3) is 105 Å². The van der Waals surface area contributed by atoms with E-state index in [0.717, 1.165) is 50.0 Å². The molecular formula is C76H50N2O. The van der Waals surface area contributed by atoms with Crippen molar-refractivity contribution in [2.75, 3.05) is 4.90 Å². The van der Waals surface area contributed by atoms with Crippen LogP contribution in [0.3, 0.4) is 0 Å². The molecule has 0 fully saturated rings. The summed E-state index contributed by atoms with van der Waals surface area (Å²) in [7, 11) is 0. The van der Waals surface area contributed by atoms with E-state index >= 15 is 0 Å². The van der Waals surface area contributed by atoms with Crippen molar-refractivity contribution in [1.29, 1.82) is 0 Å². The van der Waals surface area contributed by atoms with Crippen molar-refractivity contribution in [1.82, 2.24) is 4.57 Å². The molecule has 2 aromatic heterocycles. The number of benzene rings is 12. The molecule has 3 aliphatic rings. The highest BCUT2D eigenvalue weighted by Gasteiger charge is 2.54. The maximum atomic E-state index is 6.87. The van der Waals surface area contributed by atoms with Crippen molar-refractivity contribution in [2.45, 2.75) is 24.7 Å². The van der Waals surface area contributed by atoms with Crippen molar-refractivity contribution in [3.8, 4) is 61.3 Å². The van der Waals surface area contributed by atoms with Crippen LogP contribution in [0.2, 0.25) is 0 Å². The predicted octanol–water partition coefficient (Wildman–Crippen LogP) is 20.1. The molecule has 0 aliphatic heterocycles. The molecular weight excluding hydrogens is 957 g/mol. The van der Waals surface area contributed by atoms with E-state index in [9.17, 15) is 0 Å². The monoisotopic (exact) mass is 1010 g/mol. The molecule has 370 valence electrons. The SMILES string of the molecule is CC1(C)c2ccccc2-c2c3c(cc(-n4c5ccc(-c6ccccc6)cc5c5cc(N(c6ccc(-c7ccccc7)cc6)c6cccc7c6oc6ccccc67)ccc54)c21)C1(c2ccccc2-c2ccccc21)c1ccccc1-3. The van der Waals surface area contributed by atoms with E-state index in [1.54, 1.807) is 0 Å². The molecule has 14 aromatic rings. The number of fused-ring (bicyclic) bond motifs is 20. The molecule has 0 bridgehead atoms. The van der Waals surface area contributed by atoms with Crippen LogP contribution in [0.5, 0.6) is 0 Å². The molecule has 3 nitrogen and oxygen atoms in total. The summed E-state index contributed by atoms with van der Waals surface area (Å²) >= 11 is 0. The number of rotatable bonds is 6. The first-order chi connectivity index (χ1) is 39.0. The van der Waals surface area contributed by atoms with E-state index in [1.807, 2.05) is 0 Å². The number of hydrogen-bond donors (Lipinski definition) is 0. The average Bonchev–Trinajstić information content (AvgIpc) is 4.45. The molecule has 3 aliphatic carbocycles. The van der Waals surface area contributed by atoms with E-state index in [4.69, 9.17) is 4.42 Å². The van der Waals surface area contributed by atoms with Crippen LogP contribution in [0.15, 0.2) is 271 Å². The van der Waals surface area contributed by atoms with Gasteiger partial charge in [-0.1, -0.05) is 220 Å². The third-order valence-electron chi connectivity index (χ3n) is 18.0. The van der Waals surface area contributed by atoms with E-state index in [0.29, 0.717) is 0 Å². The van der Waals surface area contributed by atoms with Gasteiger partial charge in [0.1, 0.15) is 5.58 Å². The molecule has 2 heterocycles. The van der Waals surface area contributed by atoms with Crippen LogP contribution >= 0.6 is 0 Å². The summed E-state index contributed by atoms with van der Waals surface area (Å²) in [5.41, 5.74) is 28.2. The summed E-state index contributed by atoms with van der Waals surface area (Å²) in [6, 6.07) is 99.2. The van der Waals surface area contributed by atoms with Gasteiger partial charge in [-0.3, -0.25) is 0 Å². The Bertz CT molecular complexity index is 4820. The Kier molecular flexibility index (Phi) is 9.11. The Morgan fingerprint density at radius 1 is 0.354 bits per heavy atom. The second-order valence-electron chi connectivity index (χ2n) is 22.3. The maximum Gasteiger partial charge on any atom is 0.159 e. The van der Waals surface area contributed by atoms with E-state index in [1.165, 1.54) is 105 Å². The minimum absolute atomic E-state index is 0.340. The lowest BCUT2D eigenvalue weighted by Crippen LogP contribution is -2.26. The van der Waals surface area contributed by atoms with Gasteiger partial charge in [0.15, 0.2) is 5.58 Å². The minimum atomic E-state index is -0.536. The van der Waals surface area contributed by atoms with Gasteiger partial charge in [0.2, 0.25) is 0 Å². The highest BCUT2D eigenvalue weighted by molar-refractivity contribution is 6.15. The van der Waals surface area contributed by atoms with E-state index in [-0.39, 0.29) is 5.41 Å². The van der Waals surface area contributed by atoms with Gasteiger partial charge in [-0.25, -0.2) is 0 Å². The first-order valence-electron chi connectivity index (χ1n) is 27.6. The van der Waals surface area contributed by atoms with Crippen molar-refractivity contribution in [3.05, 3.63) is 300 Å². The predicted molar refractivity (Wildman–Crippen MR) is 327 cm³/mol. The summed E-state index contributed by atoms with van der Waals surface area (Å²) in [5.74, 6) is 0. The van der Waals surface area contributed by atoms with Gasteiger partial charge in [-0.15, -0.1) is 0 Å². The second kappa shape index (κ2) is 16.3. The Labute approximate surface area is 458 Å². The fourth-order valence-electron chi connectivity index (χ4n) is 14.7. The largest absolute Gasteiger partial charge is 0.454 e. The summed E-state index contributed by atoms with van der Waals surface area (Å²) < 4.78 is 9.49. The molecule has 1 spiro atoms. The first kappa shape index (κ1) is 44.2. The summed E-state index contributed by atoms with van der Waals surface area (Å²) in [6.45, 7) is 4.90. The van der Waals surface area contributed by atoms with Gasteiger partial charge in [-0.05, 0) is 150 Å². The fraction of sp³-hybridized carbons (Fsp3) is 0.0526. The van der Waals surface area contributed by atoms with Crippen LogP contribution in [-0.2, 0) is 10.8 Å². The first-order valence-corrected chi connectivity index (χ1v) is 27.6. The van der Waals surface area contributed by atoms with Crippen LogP contribution in [0.4, 0.5) is 17.1 Å². The molecule has 0 saturated carbocycles. The molecule has 0 amide bonds. The zero-order chi connectivity index (χ0) is 52.1. The number of furan rings is 1. The summed E-state index contributed by atoms with van der Waals surface area (Å²) in [5, 5.41) is 4.56. The highest BCUT2D eigenvalue weighted by atomic mass is 16.3. The number of para-hydroxylation sites is 2. The standard InChI is InChI=1S/C76H50N2O/c1-75(2)61-30-14-11-27-57(61)72-71-58-28-12-17-33-64(58)76(62-31-15-9-24-53(62)54-25-10-16-32-63(54)76)65(71)46-69(73(72)75)78-66-42-38-50(48-22-7-4-8-23-48)44-59(66)60-45-52(41-43-67(60)78)77(51-39-36-49(37-40-51)47-20-5-3-6-21-47)68-34-19-29-56-55-26-13-18-35-70(55)79-74(56)68/h3-46H,1-2H3. The number of hydrogen-bond acceptors (Lipinski definition) is 2. The highest BCUT2D eigenvalue weighted by Crippen LogP contribution is 2.67. The molecule has 17 rings (SSSR count). The third-order valence-corrected chi connectivity index (χ3v) is 18.0. The molecule has 3 heteroatoms. The molecule has 0 unspecified atom stereocenters. The van der Waals surface area contributed by atoms with Gasteiger partial charge >= 0.3 is 0 Å².